The number of nitrogens with zero attached hydrogens (tertiary/aromatic N) is 2. The summed E-state index contributed by atoms with van der Waals surface area (Å²) in [5.41, 5.74) is 0. The molecule has 3 nitrogen and oxygen atoms in total. The van der Waals surface area contributed by atoms with Crippen LogP contribution in [-0.4, -0.2) is 22.1 Å². The van der Waals surface area contributed by atoms with Crippen LogP contribution in [0.5, 0.6) is 0 Å². The van der Waals surface area contributed by atoms with Gasteiger partial charge in [-0.15, -0.1) is 0 Å². The SMILES string of the molecule is CCn1ccnc1CC1CCCCCN1. The van der Waals surface area contributed by atoms with Crippen molar-refractivity contribution in [2.75, 3.05) is 6.54 Å². The van der Waals surface area contributed by atoms with Gasteiger partial charge in [-0.3, -0.25) is 0 Å². The van der Waals surface area contributed by atoms with Gasteiger partial charge in [-0.2, -0.15) is 0 Å². The maximum absolute atomic E-state index is 4.43. The highest BCUT2D eigenvalue weighted by Crippen LogP contribution is 2.12. The summed E-state index contributed by atoms with van der Waals surface area (Å²) < 4.78 is 2.24. The molecule has 0 aliphatic carbocycles. The molecule has 0 bridgehead atoms. The fourth-order valence-corrected chi connectivity index (χ4v) is 2.31. The van der Waals surface area contributed by atoms with Gasteiger partial charge in [0.25, 0.3) is 0 Å². The van der Waals surface area contributed by atoms with E-state index in [-0.39, 0.29) is 0 Å². The van der Waals surface area contributed by atoms with Crippen LogP contribution in [0.1, 0.15) is 38.4 Å². The zero-order valence-corrected chi connectivity index (χ0v) is 9.58. The molecular formula is C12H21N3. The van der Waals surface area contributed by atoms with Gasteiger partial charge in [0.2, 0.25) is 0 Å². The van der Waals surface area contributed by atoms with Crippen LogP contribution in [0.4, 0.5) is 0 Å². The van der Waals surface area contributed by atoms with Crippen molar-refractivity contribution in [2.45, 2.75) is 51.6 Å². The molecule has 2 heterocycles. The van der Waals surface area contributed by atoms with E-state index in [0.29, 0.717) is 6.04 Å². The summed E-state index contributed by atoms with van der Waals surface area (Å²) >= 11 is 0. The molecule has 1 N–H and O–H groups in total. The Balaban J connectivity index is 1.94. The Morgan fingerprint density at radius 1 is 1.47 bits per heavy atom. The summed E-state index contributed by atoms with van der Waals surface area (Å²) in [4.78, 5) is 4.43. The quantitative estimate of drug-likeness (QED) is 0.821. The minimum absolute atomic E-state index is 0.639. The Bertz CT molecular complexity index is 285. The largest absolute Gasteiger partial charge is 0.335 e. The maximum atomic E-state index is 4.43. The van der Waals surface area contributed by atoms with Gasteiger partial charge in [0.15, 0.2) is 0 Å². The number of hydrogen-bond acceptors (Lipinski definition) is 2. The molecule has 3 heteroatoms. The zero-order chi connectivity index (χ0) is 10.5. The van der Waals surface area contributed by atoms with Crippen molar-refractivity contribution in [2.24, 2.45) is 0 Å². The minimum atomic E-state index is 0.639. The Labute approximate surface area is 91.9 Å². The van der Waals surface area contributed by atoms with Crippen molar-refractivity contribution in [3.63, 3.8) is 0 Å². The summed E-state index contributed by atoms with van der Waals surface area (Å²) in [5, 5.41) is 3.62. The molecule has 1 unspecified atom stereocenters. The third kappa shape index (κ3) is 2.81. The number of aryl methyl sites for hydroxylation is 1. The van der Waals surface area contributed by atoms with E-state index in [9.17, 15) is 0 Å². The van der Waals surface area contributed by atoms with Gasteiger partial charge in [-0.1, -0.05) is 12.8 Å². The van der Waals surface area contributed by atoms with Crippen molar-refractivity contribution >= 4 is 0 Å². The standard InChI is InChI=1S/C12H21N3/c1-2-15-9-8-14-12(15)10-11-6-4-3-5-7-13-11/h8-9,11,13H,2-7,10H2,1H3. The van der Waals surface area contributed by atoms with Crippen molar-refractivity contribution in [3.05, 3.63) is 18.2 Å². The molecular weight excluding hydrogens is 186 g/mol. The molecule has 0 spiro atoms. The van der Waals surface area contributed by atoms with Crippen LogP contribution in [0.3, 0.4) is 0 Å². The molecule has 15 heavy (non-hydrogen) atoms. The van der Waals surface area contributed by atoms with Crippen LogP contribution in [0, 0.1) is 0 Å². The fraction of sp³-hybridized carbons (Fsp3) is 0.750. The summed E-state index contributed by atoms with van der Waals surface area (Å²) in [5.74, 6) is 1.23. The molecule has 84 valence electrons. The van der Waals surface area contributed by atoms with Gasteiger partial charge in [0.1, 0.15) is 5.82 Å². The lowest BCUT2D eigenvalue weighted by molar-refractivity contribution is 0.487. The van der Waals surface area contributed by atoms with Gasteiger partial charge in [0.05, 0.1) is 0 Å². The second-order valence-corrected chi connectivity index (χ2v) is 4.33. The van der Waals surface area contributed by atoms with Crippen molar-refractivity contribution < 1.29 is 0 Å². The zero-order valence-electron chi connectivity index (χ0n) is 9.58. The molecule has 1 atom stereocenters. The topological polar surface area (TPSA) is 29.9 Å². The average molecular weight is 207 g/mol. The lowest BCUT2D eigenvalue weighted by Gasteiger charge is -2.15. The Kier molecular flexibility index (Phi) is 3.78. The number of hydrogen-bond donors (Lipinski definition) is 1. The smallest absolute Gasteiger partial charge is 0.110 e. The summed E-state index contributed by atoms with van der Waals surface area (Å²) in [6.45, 7) is 4.38. The van der Waals surface area contributed by atoms with Crippen LogP contribution >= 0.6 is 0 Å². The predicted molar refractivity (Wildman–Crippen MR) is 61.9 cm³/mol. The predicted octanol–water partition coefficient (Wildman–Crippen LogP) is 1.98. The summed E-state index contributed by atoms with van der Waals surface area (Å²) in [7, 11) is 0. The minimum Gasteiger partial charge on any atom is -0.335 e. The normalized spacial score (nSPS) is 22.6. The lowest BCUT2D eigenvalue weighted by Crippen LogP contribution is -2.31. The molecule has 1 aliphatic heterocycles. The van der Waals surface area contributed by atoms with E-state index in [4.69, 9.17) is 0 Å². The highest BCUT2D eigenvalue weighted by Gasteiger charge is 2.14. The van der Waals surface area contributed by atoms with E-state index in [1.54, 1.807) is 0 Å². The van der Waals surface area contributed by atoms with Gasteiger partial charge in [-0.05, 0) is 26.3 Å². The van der Waals surface area contributed by atoms with E-state index in [0.717, 1.165) is 13.0 Å². The van der Waals surface area contributed by atoms with Crippen molar-refractivity contribution in [1.29, 1.82) is 0 Å². The van der Waals surface area contributed by atoms with E-state index in [1.807, 2.05) is 6.20 Å². The molecule has 1 aliphatic rings. The number of imidazole rings is 1. The second-order valence-electron chi connectivity index (χ2n) is 4.33. The number of rotatable bonds is 3. The first kappa shape index (κ1) is 10.7. The molecule has 1 saturated heterocycles. The highest BCUT2D eigenvalue weighted by atomic mass is 15.1. The molecule has 0 radical (unpaired) electrons. The first-order valence-corrected chi connectivity index (χ1v) is 6.13. The molecule has 1 fully saturated rings. The molecule has 0 amide bonds. The van der Waals surface area contributed by atoms with Crippen LogP contribution < -0.4 is 5.32 Å². The molecule has 1 aromatic rings. The van der Waals surface area contributed by atoms with E-state index in [2.05, 4.69) is 28.0 Å². The monoisotopic (exact) mass is 207 g/mol. The van der Waals surface area contributed by atoms with Gasteiger partial charge in [0, 0.05) is 31.4 Å². The van der Waals surface area contributed by atoms with Crippen LogP contribution in [0.2, 0.25) is 0 Å². The second kappa shape index (κ2) is 5.31. The summed E-state index contributed by atoms with van der Waals surface area (Å²) in [6, 6.07) is 0.639. The van der Waals surface area contributed by atoms with Crippen LogP contribution in [0.25, 0.3) is 0 Å². The van der Waals surface area contributed by atoms with Gasteiger partial charge < -0.3 is 9.88 Å². The van der Waals surface area contributed by atoms with Gasteiger partial charge in [-0.25, -0.2) is 4.98 Å². The van der Waals surface area contributed by atoms with Crippen molar-refractivity contribution in [1.82, 2.24) is 14.9 Å². The Morgan fingerprint density at radius 3 is 3.27 bits per heavy atom. The molecule has 1 aromatic heterocycles. The first-order chi connectivity index (χ1) is 7.40. The lowest BCUT2D eigenvalue weighted by atomic mass is 10.1. The third-order valence-electron chi connectivity index (χ3n) is 3.23. The van der Waals surface area contributed by atoms with E-state index < -0.39 is 0 Å². The molecule has 0 aromatic carbocycles. The van der Waals surface area contributed by atoms with Crippen LogP contribution in [-0.2, 0) is 13.0 Å². The molecule has 0 saturated carbocycles. The molecule has 2 rings (SSSR count). The van der Waals surface area contributed by atoms with Crippen LogP contribution in [0.15, 0.2) is 12.4 Å². The Hall–Kier alpha value is -0.830. The first-order valence-electron chi connectivity index (χ1n) is 6.13. The summed E-state index contributed by atoms with van der Waals surface area (Å²) in [6.07, 6.45) is 10.5. The van der Waals surface area contributed by atoms with Gasteiger partial charge >= 0.3 is 0 Å². The van der Waals surface area contributed by atoms with E-state index >= 15 is 0 Å². The Morgan fingerprint density at radius 2 is 2.40 bits per heavy atom. The number of aromatic nitrogens is 2. The maximum Gasteiger partial charge on any atom is 0.110 e. The van der Waals surface area contributed by atoms with E-state index in [1.165, 1.54) is 38.1 Å². The number of nitrogens with one attached hydrogen (secondary N) is 1. The van der Waals surface area contributed by atoms with Crippen molar-refractivity contribution in [3.8, 4) is 0 Å². The third-order valence-corrected chi connectivity index (χ3v) is 3.23. The average Bonchev–Trinajstić information content (AvgIpc) is 2.53. The fourth-order valence-electron chi connectivity index (χ4n) is 2.31. The highest BCUT2D eigenvalue weighted by molar-refractivity contribution is 4.95.